The average molecular weight is 239 g/mol. The molecule has 4 heteroatoms. The largest absolute Gasteiger partial charge is 0.508 e. The van der Waals surface area contributed by atoms with Gasteiger partial charge in [-0.05, 0) is 38.5 Å². The van der Waals surface area contributed by atoms with E-state index in [0.717, 1.165) is 11.3 Å². The first-order chi connectivity index (χ1) is 7.98. The summed E-state index contributed by atoms with van der Waals surface area (Å²) in [6, 6.07) is 5.14. The van der Waals surface area contributed by atoms with Crippen LogP contribution in [-0.2, 0) is 6.54 Å². The molecule has 1 aromatic carbocycles. The highest BCUT2D eigenvalue weighted by Gasteiger charge is 2.16. The van der Waals surface area contributed by atoms with E-state index in [9.17, 15) is 5.11 Å². The zero-order chi connectivity index (χ0) is 12.9. The lowest BCUT2D eigenvalue weighted by Gasteiger charge is -2.25. The summed E-state index contributed by atoms with van der Waals surface area (Å²) in [5, 5.41) is 21.9. The molecule has 0 amide bonds. The van der Waals surface area contributed by atoms with E-state index in [1.54, 1.807) is 25.3 Å². The molecule has 1 aromatic rings. The van der Waals surface area contributed by atoms with Gasteiger partial charge in [0.25, 0.3) is 0 Å². The van der Waals surface area contributed by atoms with E-state index in [1.165, 1.54) is 0 Å². The molecule has 0 spiro atoms. The number of rotatable bonds is 6. The molecule has 0 saturated carbocycles. The van der Waals surface area contributed by atoms with Crippen molar-refractivity contribution in [1.29, 1.82) is 0 Å². The van der Waals surface area contributed by atoms with Crippen LogP contribution in [-0.4, -0.2) is 29.5 Å². The smallest absolute Gasteiger partial charge is 0.120 e. The Morgan fingerprint density at radius 3 is 2.65 bits per heavy atom. The summed E-state index contributed by atoms with van der Waals surface area (Å²) in [6.07, 6.45) is 0.664. The number of hydrogen-bond donors (Lipinski definition) is 3. The fourth-order valence-electron chi connectivity index (χ4n) is 1.53. The van der Waals surface area contributed by atoms with Crippen molar-refractivity contribution >= 4 is 0 Å². The predicted octanol–water partition coefficient (Wildman–Crippen LogP) is 1.65. The highest BCUT2D eigenvalue weighted by Crippen LogP contribution is 2.23. The molecule has 0 aromatic heterocycles. The molecule has 3 N–H and O–H groups in total. The first-order valence-electron chi connectivity index (χ1n) is 5.70. The fourth-order valence-corrected chi connectivity index (χ4v) is 1.53. The van der Waals surface area contributed by atoms with E-state index in [1.807, 2.05) is 13.8 Å². The molecule has 1 rings (SSSR count). The van der Waals surface area contributed by atoms with Crippen LogP contribution in [0.3, 0.4) is 0 Å². The Hall–Kier alpha value is -1.26. The van der Waals surface area contributed by atoms with Crippen LogP contribution in [0.2, 0.25) is 0 Å². The first-order valence-corrected chi connectivity index (χ1v) is 5.70. The van der Waals surface area contributed by atoms with Gasteiger partial charge >= 0.3 is 0 Å². The summed E-state index contributed by atoms with van der Waals surface area (Å²) < 4.78 is 5.11. The summed E-state index contributed by atoms with van der Waals surface area (Å²) in [7, 11) is 1.60. The van der Waals surface area contributed by atoms with Gasteiger partial charge in [-0.25, -0.2) is 0 Å². The Bertz CT molecular complexity index is 364. The van der Waals surface area contributed by atoms with Gasteiger partial charge in [0.05, 0.1) is 7.11 Å². The molecule has 17 heavy (non-hydrogen) atoms. The third-order valence-electron chi connectivity index (χ3n) is 2.78. The summed E-state index contributed by atoms with van der Waals surface area (Å²) >= 11 is 0. The summed E-state index contributed by atoms with van der Waals surface area (Å²) in [5.74, 6) is 0.970. The Morgan fingerprint density at radius 2 is 2.06 bits per heavy atom. The standard InChI is InChI=1S/C13H21NO3/c1-13(2,6-7-15)14-9-10-8-11(17-3)4-5-12(10)16/h4-5,8,14-16H,6-7,9H2,1-3H3. The normalized spacial score (nSPS) is 11.5. The highest BCUT2D eigenvalue weighted by molar-refractivity contribution is 5.39. The molecule has 0 aliphatic carbocycles. The minimum absolute atomic E-state index is 0.143. The van der Waals surface area contributed by atoms with Crippen molar-refractivity contribution in [1.82, 2.24) is 5.32 Å². The first kappa shape index (κ1) is 13.8. The van der Waals surface area contributed by atoms with E-state index in [4.69, 9.17) is 9.84 Å². The van der Waals surface area contributed by atoms with Crippen LogP contribution in [0.4, 0.5) is 0 Å². The maximum atomic E-state index is 9.71. The van der Waals surface area contributed by atoms with Crippen LogP contribution in [0.25, 0.3) is 0 Å². The van der Waals surface area contributed by atoms with Gasteiger partial charge in [-0.1, -0.05) is 0 Å². The Labute approximate surface area is 102 Å². The van der Waals surface area contributed by atoms with Crippen LogP contribution < -0.4 is 10.1 Å². The number of methoxy groups -OCH3 is 1. The number of ether oxygens (including phenoxy) is 1. The van der Waals surface area contributed by atoms with E-state index < -0.39 is 0 Å². The fraction of sp³-hybridized carbons (Fsp3) is 0.538. The minimum atomic E-state index is -0.162. The van der Waals surface area contributed by atoms with Crippen molar-refractivity contribution in [3.05, 3.63) is 23.8 Å². The highest BCUT2D eigenvalue weighted by atomic mass is 16.5. The monoisotopic (exact) mass is 239 g/mol. The van der Waals surface area contributed by atoms with Gasteiger partial charge in [-0.2, -0.15) is 0 Å². The lowest BCUT2D eigenvalue weighted by atomic mass is 10.0. The van der Waals surface area contributed by atoms with Crippen molar-refractivity contribution in [2.45, 2.75) is 32.4 Å². The van der Waals surface area contributed by atoms with E-state index in [2.05, 4.69) is 5.32 Å². The number of phenolic OH excluding ortho intramolecular Hbond substituents is 1. The van der Waals surface area contributed by atoms with Crippen molar-refractivity contribution in [2.75, 3.05) is 13.7 Å². The van der Waals surface area contributed by atoms with Crippen LogP contribution in [0.15, 0.2) is 18.2 Å². The molecule has 0 radical (unpaired) electrons. The second kappa shape index (κ2) is 5.89. The van der Waals surface area contributed by atoms with Crippen LogP contribution in [0.5, 0.6) is 11.5 Å². The van der Waals surface area contributed by atoms with Crippen LogP contribution in [0, 0.1) is 0 Å². The second-order valence-corrected chi connectivity index (χ2v) is 4.71. The predicted molar refractivity (Wildman–Crippen MR) is 67.3 cm³/mol. The summed E-state index contributed by atoms with van der Waals surface area (Å²) in [5.41, 5.74) is 0.625. The lowest BCUT2D eigenvalue weighted by molar-refractivity contribution is 0.229. The Balaban J connectivity index is 2.68. The van der Waals surface area contributed by atoms with Gasteiger partial charge < -0.3 is 20.3 Å². The third kappa shape index (κ3) is 4.24. The van der Waals surface area contributed by atoms with E-state index in [-0.39, 0.29) is 17.9 Å². The molecule has 0 atom stereocenters. The van der Waals surface area contributed by atoms with Gasteiger partial charge in [0.2, 0.25) is 0 Å². The molecule has 0 aliphatic rings. The van der Waals surface area contributed by atoms with Crippen LogP contribution in [0.1, 0.15) is 25.8 Å². The van der Waals surface area contributed by atoms with E-state index in [0.29, 0.717) is 13.0 Å². The third-order valence-corrected chi connectivity index (χ3v) is 2.78. The molecular weight excluding hydrogens is 218 g/mol. The van der Waals surface area contributed by atoms with Crippen molar-refractivity contribution in [3.63, 3.8) is 0 Å². The van der Waals surface area contributed by atoms with Crippen molar-refractivity contribution in [2.24, 2.45) is 0 Å². The maximum Gasteiger partial charge on any atom is 0.120 e. The summed E-state index contributed by atoms with van der Waals surface area (Å²) in [4.78, 5) is 0. The topological polar surface area (TPSA) is 61.7 Å². The molecule has 0 heterocycles. The number of hydrogen-bond acceptors (Lipinski definition) is 4. The van der Waals surface area contributed by atoms with Gasteiger partial charge in [0, 0.05) is 24.3 Å². The SMILES string of the molecule is COc1ccc(O)c(CNC(C)(C)CCO)c1. The molecule has 0 saturated heterocycles. The molecule has 96 valence electrons. The number of benzene rings is 1. The Morgan fingerprint density at radius 1 is 1.35 bits per heavy atom. The number of aliphatic hydroxyl groups is 1. The molecule has 0 bridgehead atoms. The Kier molecular flexibility index (Phi) is 4.78. The zero-order valence-electron chi connectivity index (χ0n) is 10.7. The van der Waals surface area contributed by atoms with Gasteiger partial charge in [0.1, 0.15) is 11.5 Å². The average Bonchev–Trinajstić information content (AvgIpc) is 2.28. The van der Waals surface area contributed by atoms with Gasteiger partial charge in [0.15, 0.2) is 0 Å². The van der Waals surface area contributed by atoms with Gasteiger partial charge in [-0.3, -0.25) is 0 Å². The van der Waals surface area contributed by atoms with Gasteiger partial charge in [-0.15, -0.1) is 0 Å². The van der Waals surface area contributed by atoms with Crippen molar-refractivity contribution < 1.29 is 14.9 Å². The molecule has 0 fully saturated rings. The zero-order valence-corrected chi connectivity index (χ0v) is 10.7. The molecule has 0 unspecified atom stereocenters. The van der Waals surface area contributed by atoms with E-state index >= 15 is 0 Å². The molecule has 0 aliphatic heterocycles. The number of aliphatic hydroxyl groups excluding tert-OH is 1. The number of nitrogens with one attached hydrogen (secondary N) is 1. The lowest BCUT2D eigenvalue weighted by Crippen LogP contribution is -2.39. The molecule has 4 nitrogen and oxygen atoms in total. The maximum absolute atomic E-state index is 9.71. The summed E-state index contributed by atoms with van der Waals surface area (Å²) in [6.45, 7) is 4.71. The number of phenols is 1. The quantitative estimate of drug-likeness (QED) is 0.706. The minimum Gasteiger partial charge on any atom is -0.508 e. The second-order valence-electron chi connectivity index (χ2n) is 4.71. The van der Waals surface area contributed by atoms with Crippen molar-refractivity contribution in [3.8, 4) is 11.5 Å². The van der Waals surface area contributed by atoms with Crippen LogP contribution >= 0.6 is 0 Å². The molecular formula is C13H21NO3. The number of aromatic hydroxyl groups is 1.